The molecule has 1 amide bonds. The molecule has 0 bridgehead atoms. The SMILES string of the molecule is O=C1CCC2=C(c3ccccc3)NCCN12. The van der Waals surface area contributed by atoms with Crippen molar-refractivity contribution < 1.29 is 4.79 Å². The first-order valence-corrected chi connectivity index (χ1v) is 5.69. The van der Waals surface area contributed by atoms with E-state index in [0.717, 1.165) is 25.2 Å². The summed E-state index contributed by atoms with van der Waals surface area (Å²) in [7, 11) is 0. The van der Waals surface area contributed by atoms with E-state index in [0.29, 0.717) is 6.42 Å². The molecule has 1 fully saturated rings. The topological polar surface area (TPSA) is 32.3 Å². The van der Waals surface area contributed by atoms with Gasteiger partial charge in [0.25, 0.3) is 0 Å². The van der Waals surface area contributed by atoms with Gasteiger partial charge in [0, 0.05) is 25.2 Å². The number of fused-ring (bicyclic) bond motifs is 1. The monoisotopic (exact) mass is 214 g/mol. The molecule has 0 spiro atoms. The van der Waals surface area contributed by atoms with E-state index in [1.165, 1.54) is 11.3 Å². The highest BCUT2D eigenvalue weighted by molar-refractivity contribution is 5.85. The Balaban J connectivity index is 2.06. The van der Waals surface area contributed by atoms with Crippen molar-refractivity contribution in [1.29, 1.82) is 0 Å². The van der Waals surface area contributed by atoms with Gasteiger partial charge in [0.15, 0.2) is 0 Å². The summed E-state index contributed by atoms with van der Waals surface area (Å²) in [5.41, 5.74) is 3.48. The minimum atomic E-state index is 0.268. The second kappa shape index (κ2) is 3.67. The summed E-state index contributed by atoms with van der Waals surface area (Å²) in [6.07, 6.45) is 1.53. The Morgan fingerprint density at radius 1 is 1.12 bits per heavy atom. The molecule has 16 heavy (non-hydrogen) atoms. The predicted molar refractivity (Wildman–Crippen MR) is 62.3 cm³/mol. The molecule has 3 heteroatoms. The third-order valence-corrected chi connectivity index (χ3v) is 3.19. The number of nitrogens with one attached hydrogen (secondary N) is 1. The third-order valence-electron chi connectivity index (χ3n) is 3.19. The van der Waals surface area contributed by atoms with E-state index in [-0.39, 0.29) is 5.91 Å². The number of benzene rings is 1. The van der Waals surface area contributed by atoms with Crippen LogP contribution in [0.5, 0.6) is 0 Å². The summed E-state index contributed by atoms with van der Waals surface area (Å²) < 4.78 is 0. The van der Waals surface area contributed by atoms with Crippen LogP contribution < -0.4 is 5.32 Å². The molecule has 0 aromatic heterocycles. The average Bonchev–Trinajstić information content (AvgIpc) is 2.73. The lowest BCUT2D eigenvalue weighted by Gasteiger charge is -2.28. The number of nitrogens with zero attached hydrogens (tertiary/aromatic N) is 1. The molecule has 1 N–H and O–H groups in total. The highest BCUT2D eigenvalue weighted by Gasteiger charge is 2.30. The lowest BCUT2D eigenvalue weighted by atomic mass is 10.1. The van der Waals surface area contributed by atoms with E-state index in [1.807, 2.05) is 23.1 Å². The Kier molecular flexibility index (Phi) is 2.17. The first-order chi connectivity index (χ1) is 7.86. The Morgan fingerprint density at radius 2 is 1.94 bits per heavy atom. The number of carbonyl (C=O) groups excluding carboxylic acids is 1. The van der Waals surface area contributed by atoms with Crippen LogP contribution in [-0.4, -0.2) is 23.9 Å². The van der Waals surface area contributed by atoms with Crippen molar-refractivity contribution in [2.45, 2.75) is 12.8 Å². The van der Waals surface area contributed by atoms with Crippen molar-refractivity contribution in [3.8, 4) is 0 Å². The molecule has 1 saturated heterocycles. The fourth-order valence-electron chi connectivity index (χ4n) is 2.43. The van der Waals surface area contributed by atoms with Gasteiger partial charge in [-0.05, 0) is 12.0 Å². The van der Waals surface area contributed by atoms with Crippen LogP contribution in [0, 0.1) is 0 Å². The Bertz CT molecular complexity index is 450. The van der Waals surface area contributed by atoms with Gasteiger partial charge >= 0.3 is 0 Å². The minimum absolute atomic E-state index is 0.268. The zero-order valence-corrected chi connectivity index (χ0v) is 9.07. The molecule has 0 unspecified atom stereocenters. The summed E-state index contributed by atoms with van der Waals surface area (Å²) >= 11 is 0. The van der Waals surface area contributed by atoms with Crippen LogP contribution in [0.4, 0.5) is 0 Å². The maximum absolute atomic E-state index is 11.6. The second-order valence-electron chi connectivity index (χ2n) is 4.16. The van der Waals surface area contributed by atoms with Gasteiger partial charge in [0.2, 0.25) is 5.91 Å². The third kappa shape index (κ3) is 1.40. The van der Waals surface area contributed by atoms with E-state index in [9.17, 15) is 4.79 Å². The zero-order chi connectivity index (χ0) is 11.0. The number of amides is 1. The molecule has 3 nitrogen and oxygen atoms in total. The van der Waals surface area contributed by atoms with Gasteiger partial charge in [-0.15, -0.1) is 0 Å². The van der Waals surface area contributed by atoms with Gasteiger partial charge in [0.1, 0.15) is 0 Å². The fraction of sp³-hybridized carbons (Fsp3) is 0.308. The van der Waals surface area contributed by atoms with Gasteiger partial charge in [0.05, 0.1) is 5.70 Å². The lowest BCUT2D eigenvalue weighted by molar-refractivity contribution is -0.126. The summed E-state index contributed by atoms with van der Waals surface area (Å²) in [6.45, 7) is 1.66. The van der Waals surface area contributed by atoms with Crippen molar-refractivity contribution in [3.05, 3.63) is 41.6 Å². The van der Waals surface area contributed by atoms with Gasteiger partial charge in [-0.1, -0.05) is 30.3 Å². The highest BCUT2D eigenvalue weighted by atomic mass is 16.2. The van der Waals surface area contributed by atoms with Crippen LogP contribution in [0.3, 0.4) is 0 Å². The molecule has 0 atom stereocenters. The molecule has 2 aliphatic heterocycles. The first-order valence-electron chi connectivity index (χ1n) is 5.69. The molecule has 2 heterocycles. The maximum atomic E-state index is 11.6. The quantitative estimate of drug-likeness (QED) is 0.769. The lowest BCUT2D eigenvalue weighted by Crippen LogP contribution is -2.37. The number of rotatable bonds is 1. The largest absolute Gasteiger partial charge is 0.381 e. The van der Waals surface area contributed by atoms with Crippen LogP contribution in [0.2, 0.25) is 0 Å². The minimum Gasteiger partial charge on any atom is -0.381 e. The van der Waals surface area contributed by atoms with Crippen molar-refractivity contribution in [1.82, 2.24) is 10.2 Å². The van der Waals surface area contributed by atoms with Gasteiger partial charge in [-0.25, -0.2) is 0 Å². The van der Waals surface area contributed by atoms with Crippen molar-refractivity contribution in [2.75, 3.05) is 13.1 Å². The molecule has 0 aliphatic carbocycles. The van der Waals surface area contributed by atoms with E-state index in [4.69, 9.17) is 0 Å². The van der Waals surface area contributed by atoms with Crippen molar-refractivity contribution >= 4 is 11.6 Å². The van der Waals surface area contributed by atoms with Crippen molar-refractivity contribution in [2.24, 2.45) is 0 Å². The standard InChI is InChI=1S/C13H14N2O/c16-12-7-6-11-13(14-8-9-15(11)12)10-4-2-1-3-5-10/h1-5,14H,6-9H2. The number of hydrogen-bond donors (Lipinski definition) is 1. The van der Waals surface area contributed by atoms with Crippen LogP contribution in [0.1, 0.15) is 18.4 Å². The maximum Gasteiger partial charge on any atom is 0.227 e. The Labute approximate surface area is 94.8 Å². The van der Waals surface area contributed by atoms with Gasteiger partial charge in [-0.3, -0.25) is 4.79 Å². The summed E-state index contributed by atoms with van der Waals surface area (Å²) in [6, 6.07) is 10.2. The number of allylic oxidation sites excluding steroid dienone is 1. The van der Waals surface area contributed by atoms with Gasteiger partial charge in [-0.2, -0.15) is 0 Å². The molecule has 0 radical (unpaired) electrons. The van der Waals surface area contributed by atoms with Crippen molar-refractivity contribution in [3.63, 3.8) is 0 Å². The second-order valence-corrected chi connectivity index (χ2v) is 4.16. The molecular formula is C13H14N2O. The summed E-state index contributed by atoms with van der Waals surface area (Å²) in [5.74, 6) is 0.268. The first kappa shape index (κ1) is 9.46. The Morgan fingerprint density at radius 3 is 2.75 bits per heavy atom. The van der Waals surface area contributed by atoms with Crippen LogP contribution in [-0.2, 0) is 4.79 Å². The summed E-state index contributed by atoms with van der Waals surface area (Å²) in [5, 5.41) is 3.41. The van der Waals surface area contributed by atoms with E-state index < -0.39 is 0 Å². The Hall–Kier alpha value is -1.77. The van der Waals surface area contributed by atoms with Crippen LogP contribution in [0.25, 0.3) is 5.70 Å². The highest BCUT2D eigenvalue weighted by Crippen LogP contribution is 2.30. The van der Waals surface area contributed by atoms with E-state index in [1.54, 1.807) is 0 Å². The molecule has 0 saturated carbocycles. The predicted octanol–water partition coefficient (Wildman–Crippen LogP) is 1.58. The molecule has 2 aliphatic rings. The molecule has 1 aromatic rings. The molecule has 1 aromatic carbocycles. The zero-order valence-electron chi connectivity index (χ0n) is 9.07. The van der Waals surface area contributed by atoms with Crippen LogP contribution in [0.15, 0.2) is 36.0 Å². The van der Waals surface area contributed by atoms with E-state index >= 15 is 0 Å². The molecule has 3 rings (SSSR count). The average molecular weight is 214 g/mol. The van der Waals surface area contributed by atoms with E-state index in [2.05, 4.69) is 17.4 Å². The molecular weight excluding hydrogens is 200 g/mol. The number of carbonyl (C=O) groups is 1. The van der Waals surface area contributed by atoms with Gasteiger partial charge < -0.3 is 10.2 Å². The van der Waals surface area contributed by atoms with Crippen LogP contribution >= 0.6 is 0 Å². The number of hydrogen-bond acceptors (Lipinski definition) is 2. The molecule has 82 valence electrons. The normalized spacial score (nSPS) is 19.8. The summed E-state index contributed by atoms with van der Waals surface area (Å²) in [4.78, 5) is 13.6. The fourth-order valence-corrected chi connectivity index (χ4v) is 2.43. The smallest absolute Gasteiger partial charge is 0.227 e.